The summed E-state index contributed by atoms with van der Waals surface area (Å²) in [5.41, 5.74) is 9.14. The lowest BCUT2D eigenvalue weighted by atomic mass is 9.92. The van der Waals surface area contributed by atoms with Gasteiger partial charge in [0.05, 0.1) is 11.4 Å². The molecule has 248 valence electrons. The number of aromatic amines is 1. The third-order valence-corrected chi connectivity index (χ3v) is 9.99. The summed E-state index contributed by atoms with van der Waals surface area (Å²) in [5.74, 6) is 0.138. The molecule has 1 aliphatic carbocycles. The monoisotopic (exact) mass is 642 g/mol. The Hall–Kier alpha value is -4.69. The smallest absolute Gasteiger partial charge is 0.251 e. The molecule has 0 unspecified atom stereocenters. The zero-order valence-corrected chi connectivity index (χ0v) is 27.7. The van der Waals surface area contributed by atoms with E-state index in [2.05, 4.69) is 62.2 Å². The van der Waals surface area contributed by atoms with Crippen molar-refractivity contribution in [3.8, 4) is 0 Å². The van der Waals surface area contributed by atoms with Crippen LogP contribution in [0, 0.1) is 5.92 Å². The SMILES string of the molecule is O=C(NCCc1c[nH]c2ccccc12)c1ccc(CN2CC[C@H](C(=O)NCCCCNc3c4c(nc5ccccc35)CCCC4)C2)cc1. The Labute approximate surface area is 282 Å². The summed E-state index contributed by atoms with van der Waals surface area (Å²) >= 11 is 0. The summed E-state index contributed by atoms with van der Waals surface area (Å²) in [4.78, 5) is 36.3. The Morgan fingerprint density at radius 1 is 0.854 bits per heavy atom. The predicted octanol–water partition coefficient (Wildman–Crippen LogP) is 6.40. The van der Waals surface area contributed by atoms with Gasteiger partial charge in [-0.25, -0.2) is 0 Å². The first kappa shape index (κ1) is 31.9. The number of H-pyrrole nitrogens is 1. The predicted molar refractivity (Wildman–Crippen MR) is 193 cm³/mol. The number of aryl methyl sites for hydroxylation is 1. The molecule has 0 spiro atoms. The average Bonchev–Trinajstić information content (AvgIpc) is 3.77. The number of fused-ring (bicyclic) bond motifs is 3. The fraction of sp³-hybridized carbons (Fsp3) is 0.375. The number of benzene rings is 3. The molecule has 4 N–H and O–H groups in total. The maximum absolute atomic E-state index is 12.9. The second-order valence-electron chi connectivity index (χ2n) is 13.3. The van der Waals surface area contributed by atoms with Crippen molar-refractivity contribution in [2.24, 2.45) is 5.92 Å². The molecule has 0 radical (unpaired) electrons. The van der Waals surface area contributed by atoms with E-state index in [0.29, 0.717) is 18.7 Å². The number of nitrogens with zero attached hydrogens (tertiary/aromatic N) is 2. The van der Waals surface area contributed by atoms with Gasteiger partial charge in [0.25, 0.3) is 5.91 Å². The molecule has 2 aliphatic rings. The second-order valence-corrected chi connectivity index (χ2v) is 13.3. The normalized spacial score (nSPS) is 16.2. The lowest BCUT2D eigenvalue weighted by molar-refractivity contribution is -0.124. The Morgan fingerprint density at radius 3 is 2.54 bits per heavy atom. The van der Waals surface area contributed by atoms with E-state index in [0.717, 1.165) is 81.3 Å². The van der Waals surface area contributed by atoms with E-state index in [1.807, 2.05) is 42.6 Å². The average molecular weight is 643 g/mol. The number of hydrogen-bond donors (Lipinski definition) is 4. The molecule has 8 nitrogen and oxygen atoms in total. The number of carbonyl (C=O) groups excluding carboxylic acids is 2. The summed E-state index contributed by atoms with van der Waals surface area (Å²) in [7, 11) is 0. The van der Waals surface area contributed by atoms with E-state index < -0.39 is 0 Å². The van der Waals surface area contributed by atoms with E-state index in [1.54, 1.807) is 0 Å². The van der Waals surface area contributed by atoms with Gasteiger partial charge in [0.1, 0.15) is 0 Å². The van der Waals surface area contributed by atoms with Crippen molar-refractivity contribution in [1.82, 2.24) is 25.5 Å². The third-order valence-electron chi connectivity index (χ3n) is 9.99. The van der Waals surface area contributed by atoms with Gasteiger partial charge in [-0.3, -0.25) is 19.5 Å². The van der Waals surface area contributed by atoms with Crippen LogP contribution in [0.4, 0.5) is 5.69 Å². The van der Waals surface area contributed by atoms with E-state index in [9.17, 15) is 9.59 Å². The van der Waals surface area contributed by atoms with Crippen molar-refractivity contribution in [1.29, 1.82) is 0 Å². The Morgan fingerprint density at radius 2 is 1.65 bits per heavy atom. The van der Waals surface area contributed by atoms with Crippen molar-refractivity contribution in [2.45, 2.75) is 57.9 Å². The molecule has 5 aromatic rings. The van der Waals surface area contributed by atoms with Crippen LogP contribution in [-0.2, 0) is 30.6 Å². The molecule has 3 aromatic carbocycles. The number of rotatable bonds is 13. The first-order chi connectivity index (χ1) is 23.6. The highest BCUT2D eigenvalue weighted by molar-refractivity contribution is 5.94. The molecule has 48 heavy (non-hydrogen) atoms. The summed E-state index contributed by atoms with van der Waals surface area (Å²) in [6.45, 7) is 4.63. The van der Waals surface area contributed by atoms with Crippen molar-refractivity contribution < 1.29 is 9.59 Å². The van der Waals surface area contributed by atoms with Crippen LogP contribution in [0.15, 0.2) is 79.0 Å². The Bertz CT molecular complexity index is 1880. The van der Waals surface area contributed by atoms with Crippen molar-refractivity contribution in [2.75, 3.05) is 38.0 Å². The molecule has 1 saturated heterocycles. The van der Waals surface area contributed by atoms with Gasteiger partial charge >= 0.3 is 0 Å². The maximum Gasteiger partial charge on any atom is 0.251 e. The topological polar surface area (TPSA) is 102 Å². The number of carbonyl (C=O) groups is 2. The minimum atomic E-state index is -0.0557. The van der Waals surface area contributed by atoms with Gasteiger partial charge in [0, 0.05) is 72.2 Å². The van der Waals surface area contributed by atoms with Crippen LogP contribution in [0.3, 0.4) is 0 Å². The van der Waals surface area contributed by atoms with E-state index in [4.69, 9.17) is 4.98 Å². The Kier molecular flexibility index (Phi) is 9.98. The highest BCUT2D eigenvalue weighted by atomic mass is 16.2. The van der Waals surface area contributed by atoms with Gasteiger partial charge < -0.3 is 20.9 Å². The standard InChI is InChI=1S/C40H46N6O2/c47-39(43-23-19-30-25-44-35-12-4-1-9-32(30)35)29-17-15-28(16-18-29)26-46-24-20-31(27-46)40(48)42-22-8-7-21-41-38-33-10-2-5-13-36(33)45-37-14-6-3-11-34(37)38/h1-2,4-5,9-10,12-13,15-18,25,31,44H,3,6-8,11,14,19-24,26-27H2,(H,41,45)(H,42,48)(H,43,47)/t31-/m0/s1. The largest absolute Gasteiger partial charge is 0.384 e. The second kappa shape index (κ2) is 15.0. The highest BCUT2D eigenvalue weighted by Crippen LogP contribution is 2.33. The van der Waals surface area contributed by atoms with Crippen molar-refractivity contribution in [3.05, 3.63) is 107 Å². The van der Waals surface area contributed by atoms with E-state index in [-0.39, 0.29) is 17.7 Å². The lowest BCUT2D eigenvalue weighted by Gasteiger charge is -2.21. The minimum Gasteiger partial charge on any atom is -0.384 e. The first-order valence-corrected chi connectivity index (χ1v) is 17.7. The van der Waals surface area contributed by atoms with Gasteiger partial charge in [-0.2, -0.15) is 0 Å². The summed E-state index contributed by atoms with van der Waals surface area (Å²) in [6.07, 6.45) is 10.2. The zero-order chi connectivity index (χ0) is 32.7. The molecular weight excluding hydrogens is 596 g/mol. The minimum absolute atomic E-state index is 0.0278. The molecule has 2 aromatic heterocycles. The van der Waals surface area contributed by atoms with Gasteiger partial charge in [0.15, 0.2) is 0 Å². The number of likely N-dealkylation sites (tertiary alicyclic amines) is 1. The maximum atomic E-state index is 12.9. The molecular formula is C40H46N6O2. The number of para-hydroxylation sites is 2. The summed E-state index contributed by atoms with van der Waals surface area (Å²) < 4.78 is 0. The van der Waals surface area contributed by atoms with E-state index in [1.165, 1.54) is 46.1 Å². The zero-order valence-electron chi connectivity index (χ0n) is 27.7. The molecule has 0 saturated carbocycles. The van der Waals surface area contributed by atoms with Crippen LogP contribution in [0.25, 0.3) is 21.8 Å². The number of hydrogen-bond acceptors (Lipinski definition) is 5. The molecule has 7 rings (SSSR count). The molecule has 0 bridgehead atoms. The molecule has 3 heterocycles. The number of aromatic nitrogens is 2. The van der Waals surface area contributed by atoms with Crippen LogP contribution in [0.2, 0.25) is 0 Å². The molecule has 1 fully saturated rings. The Balaban J connectivity index is 0.804. The van der Waals surface area contributed by atoms with Crippen molar-refractivity contribution in [3.63, 3.8) is 0 Å². The number of nitrogens with one attached hydrogen (secondary N) is 4. The molecule has 1 atom stereocenters. The molecule has 2 amide bonds. The highest BCUT2D eigenvalue weighted by Gasteiger charge is 2.28. The van der Waals surface area contributed by atoms with Gasteiger partial charge in [0.2, 0.25) is 5.91 Å². The number of unbranched alkanes of at least 4 members (excludes halogenated alkanes) is 1. The number of anilines is 1. The first-order valence-electron chi connectivity index (χ1n) is 17.7. The van der Waals surface area contributed by atoms with Crippen LogP contribution in [0.1, 0.15) is 64.8 Å². The fourth-order valence-electron chi connectivity index (χ4n) is 7.36. The van der Waals surface area contributed by atoms with Crippen LogP contribution in [0.5, 0.6) is 0 Å². The number of amides is 2. The molecule has 1 aliphatic heterocycles. The number of pyridine rings is 1. The third kappa shape index (κ3) is 7.39. The van der Waals surface area contributed by atoms with Crippen LogP contribution < -0.4 is 16.0 Å². The van der Waals surface area contributed by atoms with Gasteiger partial charge in [-0.1, -0.05) is 48.5 Å². The van der Waals surface area contributed by atoms with Crippen molar-refractivity contribution >= 4 is 39.3 Å². The summed E-state index contributed by atoms with van der Waals surface area (Å²) in [6, 6.07) is 24.5. The van der Waals surface area contributed by atoms with Gasteiger partial charge in [-0.05, 0) is 98.9 Å². The fourth-order valence-corrected chi connectivity index (χ4v) is 7.36. The van der Waals surface area contributed by atoms with E-state index >= 15 is 0 Å². The quantitative estimate of drug-likeness (QED) is 0.111. The summed E-state index contributed by atoms with van der Waals surface area (Å²) in [5, 5.41) is 12.4. The van der Waals surface area contributed by atoms with Gasteiger partial charge in [-0.15, -0.1) is 0 Å². The lowest BCUT2D eigenvalue weighted by Crippen LogP contribution is -2.33. The molecule has 8 heteroatoms. The van der Waals surface area contributed by atoms with Crippen LogP contribution >= 0.6 is 0 Å². The van der Waals surface area contributed by atoms with Crippen LogP contribution in [-0.4, -0.2) is 59.4 Å².